The van der Waals surface area contributed by atoms with Crippen LogP contribution in [-0.2, 0) is 4.74 Å². The monoisotopic (exact) mass is 434 g/mol. The van der Waals surface area contributed by atoms with Crippen molar-refractivity contribution in [3.63, 3.8) is 0 Å². The zero-order chi connectivity index (χ0) is 22.6. The number of rotatable bonds is 7. The number of aromatic nitrogens is 1. The molecule has 1 aliphatic rings. The highest BCUT2D eigenvalue weighted by Gasteiger charge is 2.27. The molecular formula is C22H28F2N4O3. The molecule has 1 saturated heterocycles. The molecule has 1 aromatic heterocycles. The fourth-order valence-corrected chi connectivity index (χ4v) is 2.95. The average molecular weight is 434 g/mol. The molecule has 2 heterocycles. The van der Waals surface area contributed by atoms with Crippen molar-refractivity contribution >= 4 is 17.7 Å². The van der Waals surface area contributed by atoms with Crippen molar-refractivity contribution in [2.45, 2.75) is 33.3 Å². The van der Waals surface area contributed by atoms with Gasteiger partial charge >= 0.3 is 0 Å². The molecule has 0 aliphatic carbocycles. The number of benzene rings is 1. The van der Waals surface area contributed by atoms with Crippen LogP contribution in [0.2, 0.25) is 0 Å². The van der Waals surface area contributed by atoms with E-state index in [1.54, 1.807) is 4.90 Å². The lowest BCUT2D eigenvalue weighted by atomic mass is 10.1. The number of nitrogens with zero attached hydrogens (tertiary/aromatic N) is 3. The number of hydrogen-bond donors (Lipinski definition) is 2. The number of halogens is 2. The van der Waals surface area contributed by atoms with E-state index in [0.717, 1.165) is 16.7 Å². The van der Waals surface area contributed by atoms with Crippen LogP contribution in [0.25, 0.3) is 0 Å². The number of anilines is 2. The van der Waals surface area contributed by atoms with E-state index in [0.29, 0.717) is 26.3 Å². The first-order valence-corrected chi connectivity index (χ1v) is 10.1. The molecule has 7 nitrogen and oxygen atoms in total. The topological polar surface area (TPSA) is 79.2 Å². The maximum Gasteiger partial charge on any atom is 0.254 e. The molecule has 1 fully saturated rings. The fraction of sp³-hybridized carbons (Fsp3) is 0.455. The predicted molar refractivity (Wildman–Crippen MR) is 116 cm³/mol. The van der Waals surface area contributed by atoms with E-state index in [1.165, 1.54) is 20.1 Å². The zero-order valence-electron chi connectivity index (χ0n) is 18.2. The Kier molecular flexibility index (Phi) is 7.07. The van der Waals surface area contributed by atoms with Crippen LogP contribution in [-0.4, -0.2) is 54.8 Å². The van der Waals surface area contributed by atoms with Crippen LogP contribution in [0.5, 0.6) is 5.88 Å². The Morgan fingerprint density at radius 1 is 1.23 bits per heavy atom. The third-order valence-corrected chi connectivity index (χ3v) is 4.82. The highest BCUT2D eigenvalue weighted by atomic mass is 19.1. The third-order valence-electron chi connectivity index (χ3n) is 4.82. The van der Waals surface area contributed by atoms with Gasteiger partial charge in [0.1, 0.15) is 12.3 Å². The van der Waals surface area contributed by atoms with Crippen LogP contribution in [0, 0.1) is 25.5 Å². The molecule has 9 heteroatoms. The molecule has 0 atom stereocenters. The van der Waals surface area contributed by atoms with Crippen molar-refractivity contribution in [2.24, 2.45) is 5.10 Å². The first-order valence-electron chi connectivity index (χ1n) is 10.1. The molecule has 1 aliphatic heterocycles. The highest BCUT2D eigenvalue weighted by Crippen LogP contribution is 2.33. The summed E-state index contributed by atoms with van der Waals surface area (Å²) in [5.41, 5.74) is 3.79. The minimum absolute atomic E-state index is 0.0562. The van der Waals surface area contributed by atoms with Gasteiger partial charge in [-0.2, -0.15) is 14.5 Å². The largest absolute Gasteiger partial charge is 0.472 e. The SMILES string of the molecule is Cc1ccc(/C=N/Nc2c(F)c(OCC(C)(C)O)nc(N3CCOCC3)c2F)cc1C. The van der Waals surface area contributed by atoms with Gasteiger partial charge in [-0.15, -0.1) is 0 Å². The van der Waals surface area contributed by atoms with Gasteiger partial charge in [0.15, 0.2) is 11.6 Å². The minimum Gasteiger partial charge on any atom is -0.472 e. The number of aliphatic hydroxyl groups is 1. The number of hydrogen-bond acceptors (Lipinski definition) is 7. The van der Waals surface area contributed by atoms with Gasteiger partial charge in [0.25, 0.3) is 5.88 Å². The molecular weight excluding hydrogens is 406 g/mol. The normalized spacial score (nSPS) is 14.9. The number of morpholine rings is 1. The van der Waals surface area contributed by atoms with Gasteiger partial charge in [-0.25, -0.2) is 4.39 Å². The summed E-state index contributed by atoms with van der Waals surface area (Å²) >= 11 is 0. The maximum atomic E-state index is 15.2. The molecule has 0 saturated carbocycles. The molecule has 2 aromatic rings. The summed E-state index contributed by atoms with van der Waals surface area (Å²) < 4.78 is 40.9. The van der Waals surface area contributed by atoms with Crippen molar-refractivity contribution in [3.8, 4) is 5.88 Å². The quantitative estimate of drug-likeness (QED) is 0.514. The Bertz CT molecular complexity index is 955. The summed E-state index contributed by atoms with van der Waals surface area (Å²) in [4.78, 5) is 5.70. The molecule has 0 spiro atoms. The van der Waals surface area contributed by atoms with E-state index in [2.05, 4.69) is 15.5 Å². The summed E-state index contributed by atoms with van der Waals surface area (Å²) in [5.74, 6) is -2.35. The number of aryl methyl sites for hydroxylation is 2. The molecule has 2 N–H and O–H groups in total. The minimum atomic E-state index is -1.21. The Morgan fingerprint density at radius 2 is 1.94 bits per heavy atom. The number of nitrogens with one attached hydrogen (secondary N) is 1. The van der Waals surface area contributed by atoms with Gasteiger partial charge in [0.05, 0.1) is 25.0 Å². The summed E-state index contributed by atoms with van der Waals surface area (Å²) in [6.45, 7) is 8.43. The van der Waals surface area contributed by atoms with E-state index in [1.807, 2.05) is 32.0 Å². The number of hydrazone groups is 1. The van der Waals surface area contributed by atoms with E-state index in [9.17, 15) is 5.11 Å². The highest BCUT2D eigenvalue weighted by molar-refractivity contribution is 5.80. The molecule has 0 radical (unpaired) electrons. The van der Waals surface area contributed by atoms with Crippen LogP contribution < -0.4 is 15.1 Å². The second kappa shape index (κ2) is 9.57. The van der Waals surface area contributed by atoms with Crippen LogP contribution in [0.3, 0.4) is 0 Å². The summed E-state index contributed by atoms with van der Waals surface area (Å²) in [7, 11) is 0. The van der Waals surface area contributed by atoms with Crippen molar-refractivity contribution in [1.29, 1.82) is 0 Å². The third kappa shape index (κ3) is 5.89. The predicted octanol–water partition coefficient (Wildman–Crippen LogP) is 3.41. The average Bonchev–Trinajstić information content (AvgIpc) is 2.72. The lowest BCUT2D eigenvalue weighted by molar-refractivity contribution is 0.0254. The Hall–Kier alpha value is -2.78. The van der Waals surface area contributed by atoms with E-state index >= 15 is 8.78 Å². The molecule has 3 rings (SSSR count). The van der Waals surface area contributed by atoms with Crippen LogP contribution in [0.15, 0.2) is 23.3 Å². The zero-order valence-corrected chi connectivity index (χ0v) is 18.2. The molecule has 168 valence electrons. The van der Waals surface area contributed by atoms with Crippen molar-refractivity contribution < 1.29 is 23.4 Å². The standard InChI is InChI=1S/C22H28F2N4O3/c1-14-5-6-16(11-15(14)2)12-25-27-19-17(23)20(28-7-9-30-10-8-28)26-21(18(19)24)31-13-22(3,4)29/h5-6,11-12,29H,7-10,13H2,1-4H3,(H,26,27)/b25-12+. The van der Waals surface area contributed by atoms with Crippen molar-refractivity contribution in [1.82, 2.24) is 4.98 Å². The lowest BCUT2D eigenvalue weighted by Gasteiger charge is -2.29. The van der Waals surface area contributed by atoms with Gasteiger partial charge in [-0.3, -0.25) is 5.43 Å². The molecule has 1 aromatic carbocycles. The first-order chi connectivity index (χ1) is 14.7. The molecule has 0 amide bonds. The second-order valence-electron chi connectivity index (χ2n) is 8.16. The van der Waals surface area contributed by atoms with E-state index in [4.69, 9.17) is 9.47 Å². The van der Waals surface area contributed by atoms with Gasteiger partial charge in [-0.05, 0) is 44.4 Å². The smallest absolute Gasteiger partial charge is 0.254 e. The van der Waals surface area contributed by atoms with Crippen molar-refractivity contribution in [2.75, 3.05) is 43.2 Å². The van der Waals surface area contributed by atoms with E-state index < -0.39 is 28.8 Å². The lowest BCUT2D eigenvalue weighted by Crippen LogP contribution is -2.37. The van der Waals surface area contributed by atoms with Gasteiger partial charge in [0.2, 0.25) is 5.82 Å². The van der Waals surface area contributed by atoms with Crippen molar-refractivity contribution in [3.05, 3.63) is 46.5 Å². The summed E-state index contributed by atoms with van der Waals surface area (Å²) in [6.07, 6.45) is 1.48. The Labute approximate surface area is 180 Å². The fourth-order valence-electron chi connectivity index (χ4n) is 2.95. The van der Waals surface area contributed by atoms with Crippen LogP contribution in [0.4, 0.5) is 20.3 Å². The van der Waals surface area contributed by atoms with Gasteiger partial charge in [0, 0.05) is 13.1 Å². The Balaban J connectivity index is 1.92. The number of ether oxygens (including phenoxy) is 2. The van der Waals surface area contributed by atoms with Crippen LogP contribution >= 0.6 is 0 Å². The number of pyridine rings is 1. The van der Waals surface area contributed by atoms with E-state index in [-0.39, 0.29) is 12.4 Å². The molecule has 31 heavy (non-hydrogen) atoms. The summed E-state index contributed by atoms with van der Waals surface area (Å²) in [6, 6.07) is 5.74. The second-order valence-corrected chi connectivity index (χ2v) is 8.16. The van der Waals surface area contributed by atoms with Gasteiger partial charge in [-0.1, -0.05) is 18.2 Å². The van der Waals surface area contributed by atoms with Crippen LogP contribution in [0.1, 0.15) is 30.5 Å². The molecule has 0 unspecified atom stereocenters. The molecule has 0 bridgehead atoms. The van der Waals surface area contributed by atoms with Gasteiger partial charge < -0.3 is 19.5 Å². The summed E-state index contributed by atoms with van der Waals surface area (Å²) in [5, 5.41) is 13.9. The first kappa shape index (κ1) is 22.9. The Morgan fingerprint density at radius 3 is 2.58 bits per heavy atom. The maximum absolute atomic E-state index is 15.2.